The van der Waals surface area contributed by atoms with Gasteiger partial charge in [-0.3, -0.25) is 9.69 Å². The number of piperidine rings is 1. The maximum absolute atomic E-state index is 13.9. The molecule has 3 heterocycles. The smallest absolute Gasteiger partial charge is 0.232 e. The largest absolute Gasteiger partial charge is 0.473 e. The molecule has 0 bridgehead atoms. The number of rotatable bonds is 5. The molecule has 1 amide bonds. The number of likely N-dealkylation sites (tertiary alicyclic amines) is 1. The molecule has 1 aliphatic heterocycles. The molecule has 0 radical (unpaired) electrons. The van der Waals surface area contributed by atoms with E-state index in [9.17, 15) is 9.18 Å². The summed E-state index contributed by atoms with van der Waals surface area (Å²) >= 11 is 1.15. The summed E-state index contributed by atoms with van der Waals surface area (Å²) in [5, 5.41) is 11.5. The number of anilines is 1. The highest BCUT2D eigenvalue weighted by molar-refractivity contribution is 7.15. The van der Waals surface area contributed by atoms with Crippen LogP contribution in [0.4, 0.5) is 9.52 Å². The third-order valence-electron chi connectivity index (χ3n) is 3.86. The molecule has 33 heavy (non-hydrogen) atoms. The van der Waals surface area contributed by atoms with E-state index in [1.165, 1.54) is 25.7 Å². The summed E-state index contributed by atoms with van der Waals surface area (Å²) in [6.07, 6.45) is 5.64. The Morgan fingerprint density at radius 3 is 2.33 bits per heavy atom. The van der Waals surface area contributed by atoms with Crippen molar-refractivity contribution in [2.24, 2.45) is 0 Å². The van der Waals surface area contributed by atoms with Crippen LogP contribution in [-0.2, 0) is 11.3 Å². The number of halogens is 1. The number of ether oxygens (including phenoxy) is 1. The third-order valence-corrected chi connectivity index (χ3v) is 4.80. The van der Waals surface area contributed by atoms with Crippen LogP contribution < -0.4 is 10.1 Å². The SMILES string of the molecule is CC.CC.CC(=O)Nc1nc(F)c(CN2CCC(Oc3cnc(C#N)cn3)CC2)s1.CCC. The maximum atomic E-state index is 13.9. The lowest BCUT2D eigenvalue weighted by Gasteiger charge is -2.31. The van der Waals surface area contributed by atoms with Gasteiger partial charge in [-0.15, -0.1) is 0 Å². The predicted molar refractivity (Wildman–Crippen MR) is 131 cm³/mol. The van der Waals surface area contributed by atoms with Crippen LogP contribution in [0, 0.1) is 17.3 Å². The number of amides is 1. The second-order valence-electron chi connectivity index (χ2n) is 6.57. The lowest BCUT2D eigenvalue weighted by molar-refractivity contribution is -0.114. The molecule has 0 unspecified atom stereocenters. The number of carbonyl (C=O) groups excluding carboxylic acids is 1. The van der Waals surface area contributed by atoms with E-state index in [4.69, 9.17) is 10.00 Å². The molecule has 8 nitrogen and oxygen atoms in total. The third kappa shape index (κ3) is 11.7. The van der Waals surface area contributed by atoms with Crippen molar-refractivity contribution in [2.75, 3.05) is 18.4 Å². The van der Waals surface area contributed by atoms with Crippen LogP contribution >= 0.6 is 11.3 Å². The summed E-state index contributed by atoms with van der Waals surface area (Å²) < 4.78 is 19.7. The summed E-state index contributed by atoms with van der Waals surface area (Å²) in [6.45, 7) is 15.6. The highest BCUT2D eigenvalue weighted by Crippen LogP contribution is 2.25. The molecule has 0 aromatic carbocycles. The molecule has 10 heteroatoms. The maximum Gasteiger partial charge on any atom is 0.232 e. The molecular formula is C23H37FN6O2S. The minimum absolute atomic E-state index is 0.00901. The van der Waals surface area contributed by atoms with E-state index in [0.29, 0.717) is 17.3 Å². The van der Waals surface area contributed by atoms with Gasteiger partial charge in [-0.1, -0.05) is 59.3 Å². The van der Waals surface area contributed by atoms with Crippen molar-refractivity contribution >= 4 is 22.4 Å². The molecule has 184 valence electrons. The Hall–Kier alpha value is -2.64. The monoisotopic (exact) mass is 480 g/mol. The van der Waals surface area contributed by atoms with E-state index < -0.39 is 5.95 Å². The molecule has 2 aromatic rings. The zero-order chi connectivity index (χ0) is 25.2. The van der Waals surface area contributed by atoms with Crippen LogP contribution in [0.1, 0.15) is 78.3 Å². The minimum Gasteiger partial charge on any atom is -0.473 e. The van der Waals surface area contributed by atoms with Gasteiger partial charge in [0.25, 0.3) is 0 Å². The number of thiazole rings is 1. The van der Waals surface area contributed by atoms with Crippen LogP contribution in [0.25, 0.3) is 0 Å². The van der Waals surface area contributed by atoms with E-state index in [1.54, 1.807) is 0 Å². The molecule has 0 saturated carbocycles. The molecule has 1 aliphatic rings. The molecule has 1 saturated heterocycles. The number of nitrogens with one attached hydrogen (secondary N) is 1. The quantitative estimate of drug-likeness (QED) is 0.610. The van der Waals surface area contributed by atoms with Crippen molar-refractivity contribution in [1.82, 2.24) is 19.9 Å². The average molecular weight is 481 g/mol. The van der Waals surface area contributed by atoms with Gasteiger partial charge in [0, 0.05) is 26.6 Å². The fraction of sp³-hybridized carbons (Fsp3) is 0.609. The van der Waals surface area contributed by atoms with Crippen molar-refractivity contribution in [3.8, 4) is 11.9 Å². The van der Waals surface area contributed by atoms with Crippen molar-refractivity contribution < 1.29 is 13.9 Å². The van der Waals surface area contributed by atoms with Gasteiger partial charge in [0.15, 0.2) is 10.8 Å². The van der Waals surface area contributed by atoms with Gasteiger partial charge in [-0.25, -0.2) is 9.97 Å². The fourth-order valence-electron chi connectivity index (χ4n) is 2.63. The normalized spacial score (nSPS) is 13.1. The van der Waals surface area contributed by atoms with Gasteiger partial charge < -0.3 is 10.1 Å². The van der Waals surface area contributed by atoms with Crippen molar-refractivity contribution in [2.45, 2.75) is 80.4 Å². The van der Waals surface area contributed by atoms with Crippen LogP contribution in [0.15, 0.2) is 12.4 Å². The molecule has 2 aromatic heterocycles. The van der Waals surface area contributed by atoms with Gasteiger partial charge in [0.05, 0.1) is 17.3 Å². The first-order chi connectivity index (χ1) is 15.9. The highest BCUT2D eigenvalue weighted by Gasteiger charge is 2.23. The van der Waals surface area contributed by atoms with Crippen molar-refractivity contribution in [3.63, 3.8) is 0 Å². The fourth-order valence-corrected chi connectivity index (χ4v) is 3.56. The summed E-state index contributed by atoms with van der Waals surface area (Å²) in [6, 6.07) is 1.91. The summed E-state index contributed by atoms with van der Waals surface area (Å²) in [4.78, 5) is 25.4. The zero-order valence-electron chi connectivity index (χ0n) is 20.8. The standard InChI is InChI=1S/C16H17FN6O2S.C3H8.2C2H6/c1-10(24)21-16-22-15(17)13(26-16)9-23-4-2-12(3-5-23)25-14-8-19-11(6-18)7-20-14;1-3-2;2*1-2/h7-8,12H,2-5,9H2,1H3,(H,21,22,24);3H2,1-2H3;2*1-2H3. The first kappa shape index (κ1) is 30.4. The number of nitriles is 1. The van der Waals surface area contributed by atoms with Gasteiger partial charge in [0.2, 0.25) is 17.7 Å². The van der Waals surface area contributed by atoms with E-state index in [1.807, 2.05) is 33.8 Å². The first-order valence-electron chi connectivity index (χ1n) is 11.5. The number of carbonyl (C=O) groups is 1. The molecular weight excluding hydrogens is 443 g/mol. The molecule has 0 aliphatic carbocycles. The molecule has 0 atom stereocenters. The Labute approximate surface area is 201 Å². The van der Waals surface area contributed by atoms with Crippen LogP contribution in [0.2, 0.25) is 0 Å². The number of hydrogen-bond acceptors (Lipinski definition) is 8. The van der Waals surface area contributed by atoms with Crippen LogP contribution in [-0.4, -0.2) is 45.0 Å². The van der Waals surface area contributed by atoms with Gasteiger partial charge in [0.1, 0.15) is 12.2 Å². The summed E-state index contributed by atoms with van der Waals surface area (Å²) in [5.74, 6) is -0.407. The zero-order valence-corrected chi connectivity index (χ0v) is 21.6. The summed E-state index contributed by atoms with van der Waals surface area (Å²) in [5.41, 5.74) is 0.248. The topological polar surface area (TPSA) is 104 Å². The van der Waals surface area contributed by atoms with E-state index >= 15 is 0 Å². The molecule has 3 rings (SSSR count). The first-order valence-corrected chi connectivity index (χ1v) is 12.3. The van der Waals surface area contributed by atoms with Gasteiger partial charge in [-0.05, 0) is 12.8 Å². The highest BCUT2D eigenvalue weighted by atomic mass is 32.1. The number of aromatic nitrogens is 3. The number of hydrogen-bond donors (Lipinski definition) is 1. The molecule has 0 spiro atoms. The number of nitrogens with zero attached hydrogens (tertiary/aromatic N) is 5. The molecule has 1 fully saturated rings. The van der Waals surface area contributed by atoms with Crippen molar-refractivity contribution in [3.05, 3.63) is 28.9 Å². The van der Waals surface area contributed by atoms with Crippen LogP contribution in [0.3, 0.4) is 0 Å². The van der Waals surface area contributed by atoms with E-state index in [0.717, 1.165) is 37.3 Å². The molecule has 1 N–H and O–H groups in total. The second kappa shape index (κ2) is 17.9. The van der Waals surface area contributed by atoms with Gasteiger partial charge in [-0.2, -0.15) is 14.6 Å². The minimum atomic E-state index is -0.537. The Kier molecular flexibility index (Phi) is 16.4. The van der Waals surface area contributed by atoms with Crippen LogP contribution in [0.5, 0.6) is 5.88 Å². The lowest BCUT2D eigenvalue weighted by Crippen LogP contribution is -2.37. The lowest BCUT2D eigenvalue weighted by atomic mass is 10.1. The Balaban J connectivity index is 0.00000132. The van der Waals surface area contributed by atoms with E-state index in [-0.39, 0.29) is 22.8 Å². The Morgan fingerprint density at radius 2 is 1.85 bits per heavy atom. The van der Waals surface area contributed by atoms with Crippen molar-refractivity contribution in [1.29, 1.82) is 5.26 Å². The predicted octanol–water partition coefficient (Wildman–Crippen LogP) is 5.41. The Morgan fingerprint density at radius 1 is 1.24 bits per heavy atom. The second-order valence-corrected chi connectivity index (χ2v) is 7.65. The van der Waals surface area contributed by atoms with E-state index in [2.05, 4.69) is 39.0 Å². The summed E-state index contributed by atoms with van der Waals surface area (Å²) in [7, 11) is 0. The average Bonchev–Trinajstić information content (AvgIpc) is 3.16. The Bertz CT molecular complexity index is 830. The van der Waals surface area contributed by atoms with Gasteiger partial charge >= 0.3 is 0 Å².